The van der Waals surface area contributed by atoms with E-state index in [9.17, 15) is 9.59 Å². The molecule has 0 fully saturated rings. The van der Waals surface area contributed by atoms with E-state index in [4.69, 9.17) is 0 Å². The first-order valence-corrected chi connectivity index (χ1v) is 5.29. The molecule has 1 rings (SSSR count). The van der Waals surface area contributed by atoms with E-state index in [0.717, 1.165) is 5.75 Å². The number of nitrogens with zero attached hydrogens (tertiary/aromatic N) is 2. The molecule has 1 aromatic heterocycles. The highest BCUT2D eigenvalue weighted by molar-refractivity contribution is 7.99. The second-order valence-electron chi connectivity index (χ2n) is 3.40. The monoisotopic (exact) mass is 215 g/mol. The van der Waals surface area contributed by atoms with E-state index < -0.39 is 11.1 Å². The van der Waals surface area contributed by atoms with Gasteiger partial charge in [0, 0.05) is 12.8 Å². The standard InChI is InChI=1S/C8H13N3O2S/c1-5(2)4-14-8-9-6(12)7(13)10-11(8)3/h5H,4H2,1-3H3,(H,10,13). The van der Waals surface area contributed by atoms with Crippen molar-refractivity contribution in [1.82, 2.24) is 14.8 Å². The predicted octanol–water partition coefficient (Wildman–Crippen LogP) is 0.217. The van der Waals surface area contributed by atoms with E-state index in [1.807, 2.05) is 0 Å². The Morgan fingerprint density at radius 3 is 2.71 bits per heavy atom. The molecule has 14 heavy (non-hydrogen) atoms. The van der Waals surface area contributed by atoms with Crippen molar-refractivity contribution in [2.75, 3.05) is 5.75 Å². The lowest BCUT2D eigenvalue weighted by molar-refractivity contribution is 0.594. The number of thioether (sulfide) groups is 1. The summed E-state index contributed by atoms with van der Waals surface area (Å²) in [6.07, 6.45) is 0. The Morgan fingerprint density at radius 2 is 2.14 bits per heavy atom. The summed E-state index contributed by atoms with van der Waals surface area (Å²) in [7, 11) is 1.66. The van der Waals surface area contributed by atoms with Crippen LogP contribution in [0.25, 0.3) is 0 Å². The Balaban J connectivity index is 2.93. The number of rotatable bonds is 3. The van der Waals surface area contributed by atoms with Crippen molar-refractivity contribution >= 4 is 11.8 Å². The van der Waals surface area contributed by atoms with Crippen molar-refractivity contribution in [3.8, 4) is 0 Å². The molecule has 0 atom stereocenters. The number of aromatic amines is 1. The van der Waals surface area contributed by atoms with Gasteiger partial charge >= 0.3 is 11.1 Å². The molecule has 0 radical (unpaired) electrons. The highest BCUT2D eigenvalue weighted by Crippen LogP contribution is 2.14. The maximum Gasteiger partial charge on any atom is 0.339 e. The lowest BCUT2D eigenvalue weighted by Crippen LogP contribution is -2.33. The molecule has 0 aromatic carbocycles. The van der Waals surface area contributed by atoms with Crippen molar-refractivity contribution in [1.29, 1.82) is 0 Å². The zero-order valence-corrected chi connectivity index (χ0v) is 9.22. The van der Waals surface area contributed by atoms with Gasteiger partial charge in [-0.15, -0.1) is 0 Å². The van der Waals surface area contributed by atoms with Gasteiger partial charge < -0.3 is 0 Å². The van der Waals surface area contributed by atoms with Crippen LogP contribution < -0.4 is 11.1 Å². The van der Waals surface area contributed by atoms with Crippen LogP contribution in [0, 0.1) is 5.92 Å². The van der Waals surface area contributed by atoms with Crippen molar-refractivity contribution in [3.63, 3.8) is 0 Å². The van der Waals surface area contributed by atoms with Crippen molar-refractivity contribution in [2.24, 2.45) is 13.0 Å². The number of hydrogen-bond acceptors (Lipinski definition) is 4. The summed E-state index contributed by atoms with van der Waals surface area (Å²) in [5, 5.41) is 2.94. The molecule has 1 heterocycles. The number of aromatic nitrogens is 3. The molecule has 5 nitrogen and oxygen atoms in total. The highest BCUT2D eigenvalue weighted by Gasteiger charge is 2.05. The first kappa shape index (κ1) is 11.0. The maximum absolute atomic E-state index is 11.0. The second-order valence-corrected chi connectivity index (χ2v) is 4.39. The third-order valence-electron chi connectivity index (χ3n) is 1.49. The van der Waals surface area contributed by atoms with E-state index in [1.54, 1.807) is 7.05 Å². The Kier molecular flexibility index (Phi) is 3.51. The van der Waals surface area contributed by atoms with Crippen molar-refractivity contribution in [2.45, 2.75) is 19.0 Å². The number of nitrogens with one attached hydrogen (secondary N) is 1. The van der Waals surface area contributed by atoms with Gasteiger partial charge in [-0.05, 0) is 5.92 Å². The lowest BCUT2D eigenvalue weighted by atomic mass is 10.3. The number of aryl methyl sites for hydroxylation is 1. The fourth-order valence-electron chi connectivity index (χ4n) is 0.831. The molecule has 0 aliphatic carbocycles. The van der Waals surface area contributed by atoms with Crippen LogP contribution in [0.4, 0.5) is 0 Å². The lowest BCUT2D eigenvalue weighted by Gasteiger charge is -2.06. The normalized spacial score (nSPS) is 10.9. The molecule has 6 heteroatoms. The highest BCUT2D eigenvalue weighted by atomic mass is 32.2. The zero-order valence-electron chi connectivity index (χ0n) is 8.40. The fraction of sp³-hybridized carbons (Fsp3) is 0.625. The van der Waals surface area contributed by atoms with Gasteiger partial charge in [-0.2, -0.15) is 4.98 Å². The molecule has 0 aliphatic rings. The third kappa shape index (κ3) is 2.73. The summed E-state index contributed by atoms with van der Waals surface area (Å²) >= 11 is 1.46. The summed E-state index contributed by atoms with van der Waals surface area (Å²) in [6, 6.07) is 0. The molecule has 0 saturated carbocycles. The van der Waals surface area contributed by atoms with Gasteiger partial charge in [-0.25, -0.2) is 0 Å². The van der Waals surface area contributed by atoms with E-state index >= 15 is 0 Å². The average Bonchev–Trinajstić information content (AvgIpc) is 2.09. The molecule has 0 spiro atoms. The molecular formula is C8H13N3O2S. The van der Waals surface area contributed by atoms with Crippen molar-refractivity contribution in [3.05, 3.63) is 20.7 Å². The fourth-order valence-corrected chi connectivity index (χ4v) is 1.70. The Hall–Kier alpha value is -1.04. The molecule has 0 aliphatic heterocycles. The van der Waals surface area contributed by atoms with Crippen LogP contribution in [0.3, 0.4) is 0 Å². The first-order chi connectivity index (χ1) is 6.50. The summed E-state index contributed by atoms with van der Waals surface area (Å²) in [4.78, 5) is 25.5. The number of hydrogen-bond donors (Lipinski definition) is 1. The first-order valence-electron chi connectivity index (χ1n) is 4.31. The van der Waals surface area contributed by atoms with Crippen molar-refractivity contribution < 1.29 is 0 Å². The topological polar surface area (TPSA) is 67.8 Å². The third-order valence-corrected chi connectivity index (χ3v) is 2.95. The summed E-state index contributed by atoms with van der Waals surface area (Å²) in [5.74, 6) is 1.38. The Morgan fingerprint density at radius 1 is 1.50 bits per heavy atom. The molecule has 0 saturated heterocycles. The predicted molar refractivity (Wildman–Crippen MR) is 55.7 cm³/mol. The minimum Gasteiger partial charge on any atom is -0.265 e. The summed E-state index contributed by atoms with van der Waals surface area (Å²) in [5.41, 5.74) is -1.41. The number of H-pyrrole nitrogens is 1. The summed E-state index contributed by atoms with van der Waals surface area (Å²) in [6.45, 7) is 4.16. The van der Waals surface area contributed by atoms with Crippen LogP contribution in [-0.2, 0) is 7.05 Å². The quantitative estimate of drug-likeness (QED) is 0.578. The van der Waals surface area contributed by atoms with Crippen LogP contribution in [-0.4, -0.2) is 20.5 Å². The van der Waals surface area contributed by atoms with Gasteiger partial charge in [-0.1, -0.05) is 25.6 Å². The van der Waals surface area contributed by atoms with Gasteiger partial charge in [0.1, 0.15) is 0 Å². The van der Waals surface area contributed by atoms with Crippen LogP contribution in [0.1, 0.15) is 13.8 Å². The zero-order chi connectivity index (χ0) is 10.7. The molecule has 1 aromatic rings. The van der Waals surface area contributed by atoms with Gasteiger partial charge in [0.25, 0.3) is 0 Å². The molecule has 78 valence electrons. The smallest absolute Gasteiger partial charge is 0.265 e. The van der Waals surface area contributed by atoms with Crippen LogP contribution >= 0.6 is 11.8 Å². The van der Waals surface area contributed by atoms with Gasteiger partial charge in [0.05, 0.1) is 0 Å². The second kappa shape index (κ2) is 4.45. The molecule has 1 N–H and O–H groups in total. The minimum absolute atomic E-state index is 0.517. The van der Waals surface area contributed by atoms with Gasteiger partial charge in [0.15, 0.2) is 5.16 Å². The SMILES string of the molecule is CC(C)CSc1nc(=O)c(=O)[nH]n1C. The minimum atomic E-state index is -0.727. The van der Waals surface area contributed by atoms with E-state index in [-0.39, 0.29) is 0 Å². The van der Waals surface area contributed by atoms with Crippen LogP contribution in [0.2, 0.25) is 0 Å². The Bertz CT molecular complexity index is 421. The molecule has 0 bridgehead atoms. The van der Waals surface area contributed by atoms with Crippen LogP contribution in [0.5, 0.6) is 0 Å². The maximum atomic E-state index is 11.0. The van der Waals surface area contributed by atoms with E-state index in [0.29, 0.717) is 11.1 Å². The molecular weight excluding hydrogens is 202 g/mol. The summed E-state index contributed by atoms with van der Waals surface area (Å²) < 4.78 is 1.47. The molecule has 0 unspecified atom stereocenters. The van der Waals surface area contributed by atoms with Gasteiger partial charge in [-0.3, -0.25) is 19.4 Å². The van der Waals surface area contributed by atoms with E-state index in [2.05, 4.69) is 23.9 Å². The largest absolute Gasteiger partial charge is 0.339 e. The average molecular weight is 215 g/mol. The van der Waals surface area contributed by atoms with Crippen LogP contribution in [0.15, 0.2) is 14.7 Å². The van der Waals surface area contributed by atoms with Gasteiger partial charge in [0.2, 0.25) is 0 Å². The van der Waals surface area contributed by atoms with E-state index in [1.165, 1.54) is 16.4 Å². The Labute approximate surface area is 85.5 Å². The molecule has 0 amide bonds.